The Morgan fingerprint density at radius 1 is 0.418 bits per heavy atom. The van der Waals surface area contributed by atoms with Crippen molar-refractivity contribution in [3.05, 3.63) is 221 Å². The molecule has 1 atom stereocenters. The quantitative estimate of drug-likeness (QED) is 0.177. The zero-order chi connectivity index (χ0) is 36.7. The summed E-state index contributed by atoms with van der Waals surface area (Å²) in [4.78, 5) is 2.44. The highest BCUT2D eigenvalue weighted by Crippen LogP contribution is 2.62. The Hall–Kier alpha value is -6.64. The van der Waals surface area contributed by atoms with Gasteiger partial charge in [0, 0.05) is 39.5 Å². The minimum absolute atomic E-state index is 0.0924. The normalized spacial score (nSPS) is 16.3. The van der Waals surface area contributed by atoms with Gasteiger partial charge >= 0.3 is 0 Å². The molecule has 0 aromatic heterocycles. The molecule has 0 saturated heterocycles. The van der Waals surface area contributed by atoms with E-state index < -0.39 is 5.41 Å². The topological polar surface area (TPSA) is 12.5 Å². The van der Waals surface area contributed by atoms with Crippen LogP contribution in [0.25, 0.3) is 33.4 Å². The van der Waals surface area contributed by atoms with Crippen LogP contribution in [-0.4, -0.2) is 0 Å². The number of rotatable bonds is 5. The van der Waals surface area contributed by atoms with Crippen LogP contribution in [0.15, 0.2) is 188 Å². The molecule has 8 aromatic carbocycles. The summed E-state index contributed by atoms with van der Waals surface area (Å²) in [6, 6.07) is 68.9. The van der Waals surface area contributed by atoms with Crippen molar-refractivity contribution in [3.63, 3.8) is 0 Å². The van der Waals surface area contributed by atoms with Gasteiger partial charge in [0.1, 0.15) is 11.5 Å². The Labute approximate surface area is 323 Å². The third-order valence-corrected chi connectivity index (χ3v) is 12.7. The van der Waals surface area contributed by atoms with Crippen molar-refractivity contribution in [1.29, 1.82) is 0 Å². The van der Waals surface area contributed by atoms with Crippen molar-refractivity contribution in [3.8, 4) is 44.9 Å². The minimum atomic E-state index is -0.509. The zero-order valence-electron chi connectivity index (χ0n) is 31.0. The SMILES string of the molecule is CCC1(C)c2ccccc2-c2ccc(N(c3ccc4c(c3)Oc3ccccc3C43c4ccccc4-c4ccccc43)c3ccccc3-c3ccccc3)cc21. The number of hydrogen-bond donors (Lipinski definition) is 0. The molecule has 0 N–H and O–H groups in total. The highest BCUT2D eigenvalue weighted by atomic mass is 16.5. The molecule has 8 aromatic rings. The molecule has 1 unspecified atom stereocenters. The Kier molecular flexibility index (Phi) is 6.91. The average Bonchev–Trinajstić information content (AvgIpc) is 3.68. The Morgan fingerprint density at radius 2 is 0.927 bits per heavy atom. The number of nitrogens with zero attached hydrogens (tertiary/aromatic N) is 1. The summed E-state index contributed by atoms with van der Waals surface area (Å²) in [5.41, 5.74) is 18.0. The van der Waals surface area contributed by atoms with Crippen LogP contribution in [0.5, 0.6) is 11.5 Å². The van der Waals surface area contributed by atoms with E-state index in [-0.39, 0.29) is 5.41 Å². The van der Waals surface area contributed by atoms with E-state index in [1.807, 2.05) is 0 Å². The van der Waals surface area contributed by atoms with Gasteiger partial charge in [0.05, 0.1) is 11.1 Å². The lowest BCUT2D eigenvalue weighted by Crippen LogP contribution is -2.32. The predicted octanol–water partition coefficient (Wildman–Crippen LogP) is 14.0. The van der Waals surface area contributed by atoms with Crippen molar-refractivity contribution in [2.75, 3.05) is 4.90 Å². The molecule has 0 radical (unpaired) electrons. The van der Waals surface area contributed by atoms with Crippen molar-refractivity contribution in [1.82, 2.24) is 0 Å². The Bertz CT molecular complexity index is 2770. The second-order valence-corrected chi connectivity index (χ2v) is 15.3. The van der Waals surface area contributed by atoms with Crippen LogP contribution in [-0.2, 0) is 10.8 Å². The fourth-order valence-corrected chi connectivity index (χ4v) is 10.0. The third-order valence-electron chi connectivity index (χ3n) is 12.7. The van der Waals surface area contributed by atoms with Gasteiger partial charge in [0.15, 0.2) is 0 Å². The number of anilines is 3. The van der Waals surface area contributed by atoms with Crippen molar-refractivity contribution in [2.24, 2.45) is 0 Å². The van der Waals surface area contributed by atoms with E-state index in [4.69, 9.17) is 4.74 Å². The second kappa shape index (κ2) is 11.9. The van der Waals surface area contributed by atoms with E-state index in [0.717, 1.165) is 40.5 Å². The van der Waals surface area contributed by atoms with Gasteiger partial charge in [0.2, 0.25) is 0 Å². The number of hydrogen-bond acceptors (Lipinski definition) is 2. The molecule has 11 rings (SSSR count). The maximum Gasteiger partial charge on any atom is 0.134 e. The molecule has 1 spiro atoms. The summed E-state index contributed by atoms with van der Waals surface area (Å²) in [5.74, 6) is 1.76. The van der Waals surface area contributed by atoms with Crippen LogP contribution in [0.1, 0.15) is 53.6 Å². The molecule has 2 nitrogen and oxygen atoms in total. The van der Waals surface area contributed by atoms with Gasteiger partial charge < -0.3 is 9.64 Å². The van der Waals surface area contributed by atoms with Crippen molar-refractivity contribution in [2.45, 2.75) is 31.1 Å². The van der Waals surface area contributed by atoms with Crippen LogP contribution in [0.3, 0.4) is 0 Å². The molecule has 55 heavy (non-hydrogen) atoms. The summed E-state index contributed by atoms with van der Waals surface area (Å²) in [5, 5.41) is 0. The summed E-state index contributed by atoms with van der Waals surface area (Å²) >= 11 is 0. The first-order chi connectivity index (χ1) is 27.1. The smallest absolute Gasteiger partial charge is 0.134 e. The Balaban J connectivity index is 1.17. The lowest BCUT2D eigenvalue weighted by Gasteiger charge is -2.40. The monoisotopic (exact) mass is 705 g/mol. The molecule has 3 aliphatic rings. The van der Waals surface area contributed by atoms with Gasteiger partial charge in [-0.3, -0.25) is 0 Å². The Morgan fingerprint density at radius 3 is 1.64 bits per heavy atom. The van der Waals surface area contributed by atoms with Crippen LogP contribution >= 0.6 is 0 Å². The molecule has 0 amide bonds. The standard InChI is InChI=1S/C53H39NO/c1-3-52(2)43-23-11-7-20-39(43)42-31-29-36(33-48(42)52)54(49-27-15-10-19-38(49)35-17-5-4-6-18-35)37-30-32-47-51(34-37)55-50-28-16-14-26-46(50)53(47)44-24-12-8-21-40(44)41-22-9-13-25-45(41)53/h4-34H,3H2,1-2H3. The maximum absolute atomic E-state index is 7.01. The molecule has 2 aliphatic carbocycles. The maximum atomic E-state index is 7.01. The minimum Gasteiger partial charge on any atom is -0.457 e. The van der Waals surface area contributed by atoms with Crippen molar-refractivity contribution >= 4 is 17.1 Å². The van der Waals surface area contributed by atoms with Crippen LogP contribution in [0.2, 0.25) is 0 Å². The predicted molar refractivity (Wildman–Crippen MR) is 226 cm³/mol. The molecule has 0 fully saturated rings. The zero-order valence-corrected chi connectivity index (χ0v) is 31.0. The van der Waals surface area contributed by atoms with Crippen molar-refractivity contribution < 1.29 is 4.74 Å². The van der Waals surface area contributed by atoms with Gasteiger partial charge in [-0.05, 0) is 86.8 Å². The van der Waals surface area contributed by atoms with Gasteiger partial charge in [-0.25, -0.2) is 0 Å². The van der Waals surface area contributed by atoms with E-state index in [2.05, 4.69) is 207 Å². The molecule has 2 heteroatoms. The summed E-state index contributed by atoms with van der Waals surface area (Å²) in [7, 11) is 0. The summed E-state index contributed by atoms with van der Waals surface area (Å²) in [6.45, 7) is 4.72. The molecular weight excluding hydrogens is 667 g/mol. The molecule has 1 heterocycles. The van der Waals surface area contributed by atoms with Gasteiger partial charge in [-0.2, -0.15) is 0 Å². The van der Waals surface area contributed by atoms with Gasteiger partial charge in [-0.1, -0.05) is 166 Å². The lowest BCUT2D eigenvalue weighted by molar-refractivity contribution is 0.436. The molecule has 0 saturated carbocycles. The van der Waals surface area contributed by atoms with Crippen LogP contribution in [0.4, 0.5) is 17.1 Å². The summed E-state index contributed by atoms with van der Waals surface area (Å²) in [6.07, 6.45) is 1.01. The first kappa shape index (κ1) is 31.8. The average molecular weight is 706 g/mol. The lowest BCUT2D eigenvalue weighted by atomic mass is 9.66. The van der Waals surface area contributed by atoms with Crippen LogP contribution < -0.4 is 9.64 Å². The molecular formula is C53H39NO. The fourth-order valence-electron chi connectivity index (χ4n) is 10.0. The van der Waals surface area contributed by atoms with E-state index in [9.17, 15) is 0 Å². The highest BCUT2D eigenvalue weighted by molar-refractivity contribution is 5.93. The highest BCUT2D eigenvalue weighted by Gasteiger charge is 2.51. The summed E-state index contributed by atoms with van der Waals surface area (Å²) < 4.78 is 7.01. The third kappa shape index (κ3) is 4.37. The van der Waals surface area contributed by atoms with Gasteiger partial charge in [-0.15, -0.1) is 0 Å². The molecule has 1 aliphatic heterocycles. The number of para-hydroxylation sites is 2. The first-order valence-corrected chi connectivity index (χ1v) is 19.4. The number of ether oxygens (including phenoxy) is 1. The molecule has 262 valence electrons. The van der Waals surface area contributed by atoms with E-state index >= 15 is 0 Å². The van der Waals surface area contributed by atoms with E-state index in [1.54, 1.807) is 0 Å². The molecule has 0 bridgehead atoms. The number of benzene rings is 8. The first-order valence-electron chi connectivity index (χ1n) is 19.4. The van der Waals surface area contributed by atoms with Gasteiger partial charge in [0.25, 0.3) is 0 Å². The van der Waals surface area contributed by atoms with E-state index in [1.165, 1.54) is 61.2 Å². The fraction of sp³-hybridized carbons (Fsp3) is 0.0943. The largest absolute Gasteiger partial charge is 0.457 e. The second-order valence-electron chi connectivity index (χ2n) is 15.3. The number of fused-ring (bicyclic) bond motifs is 12. The van der Waals surface area contributed by atoms with E-state index in [0.29, 0.717) is 0 Å². The van der Waals surface area contributed by atoms with Crippen LogP contribution in [0, 0.1) is 0 Å².